The van der Waals surface area contributed by atoms with Gasteiger partial charge in [-0.25, -0.2) is 13.8 Å². The minimum atomic E-state index is -0.641. The van der Waals surface area contributed by atoms with E-state index in [0.29, 0.717) is 20.3 Å². The molecule has 0 saturated heterocycles. The number of hydrogen-bond acceptors (Lipinski definition) is 3. The van der Waals surface area contributed by atoms with E-state index in [4.69, 9.17) is 11.6 Å². The van der Waals surface area contributed by atoms with E-state index >= 15 is 0 Å². The molecule has 0 bridgehead atoms. The van der Waals surface area contributed by atoms with Gasteiger partial charge in [-0.05, 0) is 44.6 Å². The van der Waals surface area contributed by atoms with Gasteiger partial charge >= 0.3 is 0 Å². The Morgan fingerprint density at radius 1 is 1.50 bits per heavy atom. The molecule has 0 atom stereocenters. The van der Waals surface area contributed by atoms with Crippen molar-refractivity contribution in [2.75, 3.05) is 5.32 Å². The maximum Gasteiger partial charge on any atom is 0.183 e. The van der Waals surface area contributed by atoms with Crippen molar-refractivity contribution < 1.29 is 8.78 Å². The maximum atomic E-state index is 13.6. The number of thiazole rings is 1. The summed E-state index contributed by atoms with van der Waals surface area (Å²) in [5, 5.41) is 2.95. The van der Waals surface area contributed by atoms with Crippen LogP contribution in [0.1, 0.15) is 4.88 Å². The summed E-state index contributed by atoms with van der Waals surface area (Å²) in [6.07, 6.45) is 1.62. The number of benzene rings is 1. The number of anilines is 1. The molecular weight excluding hydrogens is 460 g/mol. The van der Waals surface area contributed by atoms with Crippen molar-refractivity contribution in [2.24, 2.45) is 0 Å². The van der Waals surface area contributed by atoms with Gasteiger partial charge < -0.3 is 5.32 Å². The highest BCUT2D eigenvalue weighted by Crippen LogP contribution is 2.30. The van der Waals surface area contributed by atoms with Crippen molar-refractivity contribution in [1.82, 2.24) is 4.98 Å². The van der Waals surface area contributed by atoms with Gasteiger partial charge in [0.15, 0.2) is 10.3 Å². The predicted molar refractivity (Wildman–Crippen MR) is 81.2 cm³/mol. The molecule has 2 aromatic rings. The Balaban J connectivity index is 2.19. The first-order chi connectivity index (χ1) is 8.49. The summed E-state index contributed by atoms with van der Waals surface area (Å²) in [6.45, 7) is 0.418. The summed E-state index contributed by atoms with van der Waals surface area (Å²) < 4.78 is 27.6. The monoisotopic (exact) mass is 464 g/mol. The van der Waals surface area contributed by atoms with E-state index in [1.807, 2.05) is 22.6 Å². The Morgan fingerprint density at radius 2 is 2.22 bits per heavy atom. The summed E-state index contributed by atoms with van der Waals surface area (Å²) in [5.41, 5.74) is 0.401. The van der Waals surface area contributed by atoms with Crippen LogP contribution in [0.4, 0.5) is 14.5 Å². The summed E-state index contributed by atoms with van der Waals surface area (Å²) in [6, 6.07) is 1.25. The fourth-order valence-electron chi connectivity index (χ4n) is 1.25. The molecule has 1 heterocycles. The van der Waals surface area contributed by atoms with Crippen LogP contribution < -0.4 is 5.32 Å². The Bertz CT molecular complexity index is 593. The van der Waals surface area contributed by atoms with Crippen LogP contribution in [0.3, 0.4) is 0 Å². The number of rotatable bonds is 3. The molecule has 0 radical (unpaired) electrons. The fourth-order valence-corrected chi connectivity index (χ4v) is 3.47. The molecule has 1 N–H and O–H groups in total. The van der Waals surface area contributed by atoms with Crippen LogP contribution in [-0.2, 0) is 6.54 Å². The molecule has 8 heteroatoms. The van der Waals surface area contributed by atoms with E-state index in [9.17, 15) is 8.78 Å². The van der Waals surface area contributed by atoms with Crippen molar-refractivity contribution in [1.29, 1.82) is 0 Å². The highest BCUT2D eigenvalue weighted by atomic mass is 127. The van der Waals surface area contributed by atoms with Gasteiger partial charge in [-0.15, -0.1) is 11.3 Å². The zero-order chi connectivity index (χ0) is 13.3. The standard InChI is InChI=1S/C10H5BrClF2IN2S/c11-7-5(13)1-6(9(15)8(7)14)16-2-4-3-17-10(12)18-4/h1,3,16H,2H2. The molecule has 0 unspecified atom stereocenters. The van der Waals surface area contributed by atoms with Gasteiger partial charge in [-0.3, -0.25) is 0 Å². The van der Waals surface area contributed by atoms with E-state index in [1.54, 1.807) is 6.20 Å². The number of aromatic nitrogens is 1. The molecule has 18 heavy (non-hydrogen) atoms. The lowest BCUT2D eigenvalue weighted by molar-refractivity contribution is 0.568. The topological polar surface area (TPSA) is 24.9 Å². The minimum absolute atomic E-state index is 0.154. The maximum absolute atomic E-state index is 13.6. The third kappa shape index (κ3) is 3.12. The van der Waals surface area contributed by atoms with E-state index in [2.05, 4.69) is 26.2 Å². The average Bonchev–Trinajstić information content (AvgIpc) is 2.75. The first-order valence-corrected chi connectivity index (χ1v) is 7.72. The highest BCUT2D eigenvalue weighted by Gasteiger charge is 2.14. The molecule has 96 valence electrons. The largest absolute Gasteiger partial charge is 0.379 e. The van der Waals surface area contributed by atoms with Crippen molar-refractivity contribution in [2.45, 2.75) is 6.54 Å². The second-order valence-electron chi connectivity index (χ2n) is 3.28. The van der Waals surface area contributed by atoms with Gasteiger partial charge in [0.1, 0.15) is 5.82 Å². The molecule has 1 aromatic heterocycles. The number of nitrogens with zero attached hydrogens (tertiary/aromatic N) is 1. The Kier molecular flexibility index (Phi) is 4.79. The SMILES string of the molecule is Fc1cc(NCc2cnc(Cl)s2)c(I)c(F)c1Br. The van der Waals surface area contributed by atoms with E-state index < -0.39 is 11.6 Å². The van der Waals surface area contributed by atoms with Gasteiger partial charge in [0.05, 0.1) is 20.3 Å². The first-order valence-electron chi connectivity index (χ1n) is 4.66. The fraction of sp³-hybridized carbons (Fsp3) is 0.100. The summed E-state index contributed by atoms with van der Waals surface area (Å²) in [5.74, 6) is -1.25. The molecule has 2 nitrogen and oxygen atoms in total. The average molecular weight is 465 g/mol. The second-order valence-corrected chi connectivity index (χ2v) is 6.85. The van der Waals surface area contributed by atoms with Gasteiger partial charge in [0.2, 0.25) is 0 Å². The molecule has 0 amide bonds. The Hall–Kier alpha value is 0.01000. The van der Waals surface area contributed by atoms with Crippen LogP contribution in [0.5, 0.6) is 0 Å². The van der Waals surface area contributed by atoms with Gasteiger partial charge in [0, 0.05) is 11.1 Å². The van der Waals surface area contributed by atoms with Crippen LogP contribution >= 0.6 is 61.5 Å². The molecule has 0 aliphatic heterocycles. The van der Waals surface area contributed by atoms with Crippen LogP contribution in [0.25, 0.3) is 0 Å². The molecule has 0 fully saturated rings. The van der Waals surface area contributed by atoms with Crippen LogP contribution in [-0.4, -0.2) is 4.98 Å². The molecule has 0 spiro atoms. The Labute approximate surface area is 133 Å². The smallest absolute Gasteiger partial charge is 0.183 e. The summed E-state index contributed by atoms with van der Waals surface area (Å²) in [7, 11) is 0. The van der Waals surface area contributed by atoms with Crippen molar-refractivity contribution in [3.8, 4) is 0 Å². The quantitative estimate of drug-likeness (QED) is 0.390. The third-order valence-electron chi connectivity index (χ3n) is 2.08. The van der Waals surface area contributed by atoms with Crippen molar-refractivity contribution >= 4 is 67.1 Å². The number of halogens is 5. The molecule has 0 saturated carbocycles. The van der Waals surface area contributed by atoms with E-state index in [1.165, 1.54) is 17.4 Å². The van der Waals surface area contributed by atoms with Gasteiger partial charge in [0.25, 0.3) is 0 Å². The first kappa shape index (κ1) is 14.4. The van der Waals surface area contributed by atoms with Gasteiger partial charge in [-0.2, -0.15) is 0 Å². The molecule has 0 aliphatic rings. The van der Waals surface area contributed by atoms with Crippen LogP contribution in [0, 0.1) is 15.2 Å². The van der Waals surface area contributed by atoms with Crippen molar-refractivity contribution in [3.05, 3.63) is 41.3 Å². The van der Waals surface area contributed by atoms with Crippen molar-refractivity contribution in [3.63, 3.8) is 0 Å². The Morgan fingerprint density at radius 3 is 2.83 bits per heavy atom. The highest BCUT2D eigenvalue weighted by molar-refractivity contribution is 14.1. The van der Waals surface area contributed by atoms with Gasteiger partial charge in [-0.1, -0.05) is 11.6 Å². The van der Waals surface area contributed by atoms with E-state index in [0.717, 1.165) is 4.88 Å². The zero-order valence-corrected chi connectivity index (χ0v) is 13.9. The normalized spacial score (nSPS) is 10.7. The molecular formula is C10H5BrClF2IN2S. The summed E-state index contributed by atoms with van der Waals surface area (Å²) >= 11 is 11.7. The number of nitrogens with one attached hydrogen (secondary N) is 1. The molecule has 1 aromatic carbocycles. The van der Waals surface area contributed by atoms with E-state index in [-0.39, 0.29) is 4.47 Å². The second kappa shape index (κ2) is 5.98. The molecule has 0 aliphatic carbocycles. The zero-order valence-electron chi connectivity index (χ0n) is 8.61. The summed E-state index contributed by atoms with van der Waals surface area (Å²) in [4.78, 5) is 4.78. The predicted octanol–water partition coefficient (Wildman–Crippen LogP) is 5.05. The van der Waals surface area contributed by atoms with Crippen LogP contribution in [0.2, 0.25) is 4.47 Å². The lowest BCUT2D eigenvalue weighted by atomic mass is 10.3. The number of hydrogen-bond donors (Lipinski definition) is 1. The van der Waals surface area contributed by atoms with Crippen LogP contribution in [0.15, 0.2) is 16.7 Å². The lowest BCUT2D eigenvalue weighted by Gasteiger charge is -2.09. The minimum Gasteiger partial charge on any atom is -0.379 e. The lowest BCUT2D eigenvalue weighted by Crippen LogP contribution is -2.02. The third-order valence-corrected chi connectivity index (χ3v) is 4.98. The molecule has 2 rings (SSSR count).